The van der Waals surface area contributed by atoms with E-state index >= 15 is 0 Å². The summed E-state index contributed by atoms with van der Waals surface area (Å²) in [4.78, 5) is 2.52. The lowest BCUT2D eigenvalue weighted by atomic mass is 10.00. The first-order valence-corrected chi connectivity index (χ1v) is 6.13. The van der Waals surface area contributed by atoms with Crippen molar-refractivity contribution in [3.8, 4) is 0 Å². The highest BCUT2D eigenvalue weighted by atomic mass is 15.3. The van der Waals surface area contributed by atoms with E-state index in [1.165, 1.54) is 37.2 Å². The zero-order valence-electron chi connectivity index (χ0n) is 10.3. The SMILES string of the molecule is C[C@H]1CCCN(Cc2c(CN)cnn2C)C1. The van der Waals surface area contributed by atoms with Crippen LogP contribution in [-0.2, 0) is 20.1 Å². The third-order valence-electron chi connectivity index (χ3n) is 3.48. The molecule has 1 aromatic heterocycles. The lowest BCUT2D eigenvalue weighted by molar-refractivity contribution is 0.172. The van der Waals surface area contributed by atoms with Crippen molar-refractivity contribution < 1.29 is 0 Å². The highest BCUT2D eigenvalue weighted by Gasteiger charge is 2.18. The van der Waals surface area contributed by atoms with Crippen molar-refractivity contribution in [1.29, 1.82) is 0 Å². The van der Waals surface area contributed by atoms with Crippen molar-refractivity contribution in [2.24, 2.45) is 18.7 Å². The van der Waals surface area contributed by atoms with Gasteiger partial charge in [-0.1, -0.05) is 6.92 Å². The summed E-state index contributed by atoms with van der Waals surface area (Å²) in [5.41, 5.74) is 8.18. The molecule has 1 fully saturated rings. The van der Waals surface area contributed by atoms with Crippen LogP contribution in [0.25, 0.3) is 0 Å². The molecule has 0 saturated carbocycles. The first-order valence-electron chi connectivity index (χ1n) is 6.13. The molecule has 90 valence electrons. The van der Waals surface area contributed by atoms with Gasteiger partial charge in [0, 0.05) is 32.2 Å². The van der Waals surface area contributed by atoms with E-state index in [1.807, 2.05) is 17.9 Å². The largest absolute Gasteiger partial charge is 0.326 e. The molecule has 0 bridgehead atoms. The number of nitrogens with zero attached hydrogens (tertiary/aromatic N) is 3. The Bertz CT molecular complexity index is 345. The molecule has 0 spiro atoms. The summed E-state index contributed by atoms with van der Waals surface area (Å²) >= 11 is 0. The van der Waals surface area contributed by atoms with E-state index in [2.05, 4.69) is 16.9 Å². The Morgan fingerprint density at radius 2 is 2.38 bits per heavy atom. The summed E-state index contributed by atoms with van der Waals surface area (Å²) in [6, 6.07) is 0. The van der Waals surface area contributed by atoms with E-state index in [0.717, 1.165) is 12.5 Å². The molecule has 0 radical (unpaired) electrons. The maximum Gasteiger partial charge on any atom is 0.0565 e. The number of nitrogens with two attached hydrogens (primary N) is 1. The molecule has 1 aliphatic rings. The molecule has 0 aliphatic carbocycles. The highest BCUT2D eigenvalue weighted by Crippen LogP contribution is 2.18. The van der Waals surface area contributed by atoms with Gasteiger partial charge < -0.3 is 5.73 Å². The maximum atomic E-state index is 5.72. The van der Waals surface area contributed by atoms with Gasteiger partial charge in [0.2, 0.25) is 0 Å². The molecule has 1 aromatic rings. The average molecular weight is 222 g/mol. The van der Waals surface area contributed by atoms with Crippen LogP contribution in [0.5, 0.6) is 0 Å². The second kappa shape index (κ2) is 4.97. The molecule has 2 heterocycles. The van der Waals surface area contributed by atoms with Crippen molar-refractivity contribution in [3.63, 3.8) is 0 Å². The van der Waals surface area contributed by atoms with Crippen LogP contribution in [-0.4, -0.2) is 27.8 Å². The fraction of sp³-hybridized carbons (Fsp3) is 0.750. The Morgan fingerprint density at radius 3 is 3.06 bits per heavy atom. The minimum atomic E-state index is 0.590. The Hall–Kier alpha value is -0.870. The van der Waals surface area contributed by atoms with E-state index in [1.54, 1.807) is 0 Å². The van der Waals surface area contributed by atoms with Crippen LogP contribution in [0, 0.1) is 5.92 Å². The van der Waals surface area contributed by atoms with Crippen molar-refractivity contribution in [2.75, 3.05) is 13.1 Å². The third kappa shape index (κ3) is 2.44. The van der Waals surface area contributed by atoms with Gasteiger partial charge in [-0.3, -0.25) is 9.58 Å². The highest BCUT2D eigenvalue weighted by molar-refractivity contribution is 5.17. The number of hydrogen-bond acceptors (Lipinski definition) is 3. The molecule has 2 N–H and O–H groups in total. The Labute approximate surface area is 97.4 Å². The van der Waals surface area contributed by atoms with Crippen LogP contribution in [0.15, 0.2) is 6.20 Å². The number of piperidine rings is 1. The number of aryl methyl sites for hydroxylation is 1. The van der Waals surface area contributed by atoms with Crippen molar-refractivity contribution >= 4 is 0 Å². The summed E-state index contributed by atoms with van der Waals surface area (Å²) in [7, 11) is 2.00. The Balaban J connectivity index is 2.04. The van der Waals surface area contributed by atoms with Crippen LogP contribution in [0.2, 0.25) is 0 Å². The van der Waals surface area contributed by atoms with Crippen LogP contribution < -0.4 is 5.73 Å². The zero-order chi connectivity index (χ0) is 11.5. The van der Waals surface area contributed by atoms with Gasteiger partial charge in [-0.05, 0) is 25.3 Å². The summed E-state index contributed by atoms with van der Waals surface area (Å²) < 4.78 is 1.96. The van der Waals surface area contributed by atoms with Gasteiger partial charge in [0.1, 0.15) is 0 Å². The summed E-state index contributed by atoms with van der Waals surface area (Å²) in [5.74, 6) is 0.823. The van der Waals surface area contributed by atoms with Crippen molar-refractivity contribution in [1.82, 2.24) is 14.7 Å². The van der Waals surface area contributed by atoms with Gasteiger partial charge in [0.25, 0.3) is 0 Å². The van der Waals surface area contributed by atoms with E-state index in [9.17, 15) is 0 Å². The molecule has 4 nitrogen and oxygen atoms in total. The van der Waals surface area contributed by atoms with Gasteiger partial charge in [-0.15, -0.1) is 0 Å². The van der Waals surface area contributed by atoms with Gasteiger partial charge in [0.15, 0.2) is 0 Å². The topological polar surface area (TPSA) is 47.1 Å². The average Bonchev–Trinajstić information content (AvgIpc) is 2.60. The van der Waals surface area contributed by atoms with Crippen molar-refractivity contribution in [2.45, 2.75) is 32.9 Å². The molecular formula is C12H22N4. The molecular weight excluding hydrogens is 200 g/mol. The van der Waals surface area contributed by atoms with Crippen molar-refractivity contribution in [3.05, 3.63) is 17.5 Å². The molecule has 16 heavy (non-hydrogen) atoms. The third-order valence-corrected chi connectivity index (χ3v) is 3.48. The molecule has 1 atom stereocenters. The molecule has 4 heteroatoms. The minimum Gasteiger partial charge on any atom is -0.326 e. The summed E-state index contributed by atoms with van der Waals surface area (Å²) in [5, 5.41) is 4.28. The monoisotopic (exact) mass is 222 g/mol. The number of aromatic nitrogens is 2. The number of likely N-dealkylation sites (tertiary alicyclic amines) is 1. The van der Waals surface area contributed by atoms with E-state index < -0.39 is 0 Å². The molecule has 1 saturated heterocycles. The number of hydrogen-bond donors (Lipinski definition) is 1. The van der Waals surface area contributed by atoms with Crippen LogP contribution in [0.1, 0.15) is 31.0 Å². The van der Waals surface area contributed by atoms with Gasteiger partial charge >= 0.3 is 0 Å². The zero-order valence-corrected chi connectivity index (χ0v) is 10.3. The lowest BCUT2D eigenvalue weighted by Gasteiger charge is -2.30. The molecule has 2 rings (SSSR count). The Morgan fingerprint density at radius 1 is 1.56 bits per heavy atom. The standard InChI is InChI=1S/C12H22N4/c1-10-4-3-5-16(8-10)9-12-11(6-13)7-14-15(12)2/h7,10H,3-6,8-9,13H2,1-2H3/t10-/m0/s1. The first kappa shape index (κ1) is 11.6. The van der Waals surface area contributed by atoms with Gasteiger partial charge in [-0.2, -0.15) is 5.10 Å². The molecule has 1 aliphatic heterocycles. The normalized spacial score (nSPS) is 22.6. The second-order valence-electron chi connectivity index (χ2n) is 4.93. The maximum absolute atomic E-state index is 5.72. The smallest absolute Gasteiger partial charge is 0.0565 e. The molecule has 0 amide bonds. The predicted molar refractivity (Wildman–Crippen MR) is 64.8 cm³/mol. The number of rotatable bonds is 3. The van der Waals surface area contributed by atoms with E-state index in [-0.39, 0.29) is 0 Å². The van der Waals surface area contributed by atoms with E-state index in [4.69, 9.17) is 5.73 Å². The molecule has 0 unspecified atom stereocenters. The van der Waals surface area contributed by atoms with Gasteiger partial charge in [-0.25, -0.2) is 0 Å². The fourth-order valence-electron chi connectivity index (χ4n) is 2.52. The quantitative estimate of drug-likeness (QED) is 0.833. The van der Waals surface area contributed by atoms with Crippen LogP contribution in [0.4, 0.5) is 0 Å². The summed E-state index contributed by atoms with van der Waals surface area (Å²) in [6.07, 6.45) is 4.57. The first-order chi connectivity index (χ1) is 7.70. The molecule has 0 aromatic carbocycles. The fourth-order valence-corrected chi connectivity index (χ4v) is 2.52. The summed E-state index contributed by atoms with van der Waals surface area (Å²) in [6.45, 7) is 6.33. The minimum absolute atomic E-state index is 0.590. The predicted octanol–water partition coefficient (Wildman–Crippen LogP) is 1.11. The van der Waals surface area contributed by atoms with E-state index in [0.29, 0.717) is 6.54 Å². The van der Waals surface area contributed by atoms with Crippen LogP contribution in [0.3, 0.4) is 0 Å². The Kier molecular flexibility index (Phi) is 3.61. The van der Waals surface area contributed by atoms with Crippen LogP contribution >= 0.6 is 0 Å². The lowest BCUT2D eigenvalue weighted by Crippen LogP contribution is -2.34. The second-order valence-corrected chi connectivity index (χ2v) is 4.93. The van der Waals surface area contributed by atoms with Gasteiger partial charge in [0.05, 0.1) is 11.9 Å².